The molecule has 1 aromatic heterocycles. The van der Waals surface area contributed by atoms with Crippen molar-refractivity contribution in [3.8, 4) is 0 Å². The number of hydrogen-bond donors (Lipinski definition) is 1. The number of carbonyl (C=O) groups is 2. The number of aryl methyl sites for hydroxylation is 2. The molecule has 2 rings (SSSR count). The van der Waals surface area contributed by atoms with Crippen molar-refractivity contribution in [3.05, 3.63) is 53.3 Å². The summed E-state index contributed by atoms with van der Waals surface area (Å²) in [5.41, 5.74) is 2.17. The van der Waals surface area contributed by atoms with Crippen LogP contribution in [0, 0.1) is 0 Å². The predicted octanol–water partition coefficient (Wildman–Crippen LogP) is 1.71. The maximum Gasteiger partial charge on any atom is 0.335 e. The van der Waals surface area contributed by atoms with Crippen molar-refractivity contribution in [1.29, 1.82) is 0 Å². The maximum absolute atomic E-state index is 12.1. The lowest BCUT2D eigenvalue weighted by atomic mass is 10.1. The number of rotatable bonds is 6. The average Bonchev–Trinajstić information content (AvgIpc) is 2.90. The fraction of sp³-hybridized carbons (Fsp3) is 0.312. The second-order valence-electron chi connectivity index (χ2n) is 5.20. The molecule has 1 aromatic carbocycles. The molecule has 0 spiro atoms. The summed E-state index contributed by atoms with van der Waals surface area (Å²) in [7, 11) is 3.60. The zero-order valence-corrected chi connectivity index (χ0v) is 12.7. The van der Waals surface area contributed by atoms with Gasteiger partial charge in [0.25, 0.3) is 0 Å². The molecule has 0 fully saturated rings. The molecule has 22 heavy (non-hydrogen) atoms. The Kier molecular flexibility index (Phi) is 4.93. The third-order valence-electron chi connectivity index (χ3n) is 3.56. The van der Waals surface area contributed by atoms with Crippen LogP contribution in [0.15, 0.2) is 36.5 Å². The lowest BCUT2D eigenvalue weighted by molar-refractivity contribution is -0.130. The van der Waals surface area contributed by atoms with Crippen LogP contribution in [0.3, 0.4) is 0 Å². The van der Waals surface area contributed by atoms with E-state index in [1.54, 1.807) is 47.1 Å². The molecule has 0 saturated heterocycles. The smallest absolute Gasteiger partial charge is 0.335 e. The Balaban J connectivity index is 1.88. The first-order valence-corrected chi connectivity index (χ1v) is 7.00. The molecule has 1 amide bonds. The number of amides is 1. The van der Waals surface area contributed by atoms with Crippen molar-refractivity contribution >= 4 is 11.9 Å². The normalized spacial score (nSPS) is 10.5. The van der Waals surface area contributed by atoms with Gasteiger partial charge in [-0.15, -0.1) is 0 Å². The number of carboxylic acids is 1. The van der Waals surface area contributed by atoms with Crippen LogP contribution in [-0.2, 0) is 24.8 Å². The van der Waals surface area contributed by atoms with Crippen molar-refractivity contribution in [2.75, 3.05) is 7.05 Å². The van der Waals surface area contributed by atoms with Gasteiger partial charge in [0, 0.05) is 39.0 Å². The van der Waals surface area contributed by atoms with Crippen LogP contribution in [0.4, 0.5) is 0 Å². The fourth-order valence-corrected chi connectivity index (χ4v) is 2.19. The van der Waals surface area contributed by atoms with Crippen LogP contribution in [0.1, 0.15) is 28.0 Å². The topological polar surface area (TPSA) is 75.4 Å². The first-order valence-electron chi connectivity index (χ1n) is 7.00. The molecule has 0 aliphatic carbocycles. The van der Waals surface area contributed by atoms with Crippen LogP contribution in [0.25, 0.3) is 0 Å². The van der Waals surface area contributed by atoms with E-state index in [1.165, 1.54) is 0 Å². The molecule has 6 nitrogen and oxygen atoms in total. The van der Waals surface area contributed by atoms with Gasteiger partial charge in [-0.25, -0.2) is 4.79 Å². The molecule has 1 N–H and O–H groups in total. The van der Waals surface area contributed by atoms with Crippen molar-refractivity contribution in [2.24, 2.45) is 7.05 Å². The average molecular weight is 301 g/mol. The zero-order chi connectivity index (χ0) is 16.1. The van der Waals surface area contributed by atoms with Gasteiger partial charge < -0.3 is 10.0 Å². The second kappa shape index (κ2) is 6.89. The SMILES string of the molecule is CN(Cc1ccc(C(=O)O)cc1)C(=O)CCc1ccnn1C. The van der Waals surface area contributed by atoms with E-state index >= 15 is 0 Å². The summed E-state index contributed by atoms with van der Waals surface area (Å²) in [6, 6.07) is 8.46. The summed E-state index contributed by atoms with van der Waals surface area (Å²) < 4.78 is 1.76. The Labute approximate surface area is 129 Å². The van der Waals surface area contributed by atoms with E-state index in [0.29, 0.717) is 19.4 Å². The molecule has 0 unspecified atom stereocenters. The molecule has 0 saturated carbocycles. The second-order valence-corrected chi connectivity index (χ2v) is 5.20. The first-order chi connectivity index (χ1) is 10.5. The molecule has 0 bridgehead atoms. The number of aromatic carboxylic acids is 1. The van der Waals surface area contributed by atoms with E-state index < -0.39 is 5.97 Å². The van der Waals surface area contributed by atoms with Crippen molar-refractivity contribution in [3.63, 3.8) is 0 Å². The van der Waals surface area contributed by atoms with Crippen LogP contribution >= 0.6 is 0 Å². The lowest BCUT2D eigenvalue weighted by Gasteiger charge is -2.17. The molecule has 2 aromatic rings. The number of nitrogens with zero attached hydrogens (tertiary/aromatic N) is 3. The van der Waals surface area contributed by atoms with Gasteiger partial charge in [0.2, 0.25) is 5.91 Å². The summed E-state index contributed by atoms with van der Waals surface area (Å²) in [5.74, 6) is -0.907. The van der Waals surface area contributed by atoms with Gasteiger partial charge in [0.05, 0.1) is 5.56 Å². The van der Waals surface area contributed by atoms with Crippen LogP contribution in [-0.4, -0.2) is 38.7 Å². The van der Waals surface area contributed by atoms with Gasteiger partial charge in [-0.3, -0.25) is 9.48 Å². The summed E-state index contributed by atoms with van der Waals surface area (Å²) in [6.07, 6.45) is 2.79. The molecule has 0 aliphatic rings. The van der Waals surface area contributed by atoms with E-state index in [9.17, 15) is 9.59 Å². The molecule has 6 heteroatoms. The van der Waals surface area contributed by atoms with E-state index in [0.717, 1.165) is 11.3 Å². The summed E-state index contributed by atoms with van der Waals surface area (Å²) >= 11 is 0. The molecule has 0 aliphatic heterocycles. The monoisotopic (exact) mass is 301 g/mol. The quantitative estimate of drug-likeness (QED) is 0.881. The highest BCUT2D eigenvalue weighted by Crippen LogP contribution is 2.09. The van der Waals surface area contributed by atoms with E-state index in [4.69, 9.17) is 5.11 Å². The minimum atomic E-state index is -0.952. The number of aromatic nitrogens is 2. The molecule has 0 atom stereocenters. The van der Waals surface area contributed by atoms with Crippen molar-refractivity contribution in [1.82, 2.24) is 14.7 Å². The molecular weight excluding hydrogens is 282 g/mol. The van der Waals surface area contributed by atoms with E-state index in [2.05, 4.69) is 5.10 Å². The van der Waals surface area contributed by atoms with Gasteiger partial charge in [0.15, 0.2) is 0 Å². The predicted molar refractivity (Wildman–Crippen MR) is 81.4 cm³/mol. The van der Waals surface area contributed by atoms with Crippen LogP contribution < -0.4 is 0 Å². The highest BCUT2D eigenvalue weighted by Gasteiger charge is 2.11. The highest BCUT2D eigenvalue weighted by atomic mass is 16.4. The van der Waals surface area contributed by atoms with Gasteiger partial charge >= 0.3 is 5.97 Å². The Bertz CT molecular complexity index is 662. The van der Waals surface area contributed by atoms with Gasteiger partial charge in [-0.05, 0) is 30.2 Å². The Morgan fingerprint density at radius 2 is 1.91 bits per heavy atom. The number of carboxylic acid groups (broad SMARTS) is 1. The summed E-state index contributed by atoms with van der Waals surface area (Å²) in [5, 5.41) is 12.9. The number of hydrogen-bond acceptors (Lipinski definition) is 3. The van der Waals surface area contributed by atoms with E-state index in [1.807, 2.05) is 13.1 Å². The lowest BCUT2D eigenvalue weighted by Crippen LogP contribution is -2.26. The van der Waals surface area contributed by atoms with Crippen LogP contribution in [0.5, 0.6) is 0 Å². The third-order valence-corrected chi connectivity index (χ3v) is 3.56. The van der Waals surface area contributed by atoms with Crippen molar-refractivity contribution < 1.29 is 14.7 Å². The highest BCUT2D eigenvalue weighted by molar-refractivity contribution is 5.87. The minimum absolute atomic E-state index is 0.0449. The Hall–Kier alpha value is -2.63. The zero-order valence-electron chi connectivity index (χ0n) is 12.7. The van der Waals surface area contributed by atoms with Crippen LogP contribution in [0.2, 0.25) is 0 Å². The molecule has 1 heterocycles. The summed E-state index contributed by atoms with van der Waals surface area (Å²) in [6.45, 7) is 0.462. The first kappa shape index (κ1) is 15.8. The maximum atomic E-state index is 12.1. The third kappa shape index (κ3) is 3.94. The van der Waals surface area contributed by atoms with E-state index in [-0.39, 0.29) is 11.5 Å². The van der Waals surface area contributed by atoms with Gasteiger partial charge in [-0.1, -0.05) is 12.1 Å². The molecular formula is C16H19N3O3. The summed E-state index contributed by atoms with van der Waals surface area (Å²) in [4.78, 5) is 24.6. The van der Waals surface area contributed by atoms with Crippen molar-refractivity contribution in [2.45, 2.75) is 19.4 Å². The van der Waals surface area contributed by atoms with Gasteiger partial charge in [-0.2, -0.15) is 5.10 Å². The molecule has 116 valence electrons. The molecule has 0 radical (unpaired) electrons. The number of benzene rings is 1. The Morgan fingerprint density at radius 3 is 2.45 bits per heavy atom. The fourth-order valence-electron chi connectivity index (χ4n) is 2.19. The standard InChI is InChI=1S/C16H19N3O3/c1-18(11-12-3-5-13(6-4-12)16(21)22)15(20)8-7-14-9-10-17-19(14)2/h3-6,9-10H,7-8,11H2,1-2H3,(H,21,22). The minimum Gasteiger partial charge on any atom is -0.478 e. The Morgan fingerprint density at radius 1 is 1.23 bits per heavy atom. The number of carbonyl (C=O) groups excluding carboxylic acids is 1. The largest absolute Gasteiger partial charge is 0.478 e. The van der Waals surface area contributed by atoms with Gasteiger partial charge in [0.1, 0.15) is 0 Å².